The first-order valence-corrected chi connectivity index (χ1v) is 7.07. The number of esters is 1. The molecule has 0 saturated heterocycles. The maximum atomic E-state index is 12.2. The van der Waals surface area contributed by atoms with Gasteiger partial charge < -0.3 is 9.15 Å². The van der Waals surface area contributed by atoms with Gasteiger partial charge in [-0.05, 0) is 29.8 Å². The summed E-state index contributed by atoms with van der Waals surface area (Å²) in [7, 11) is 1.30. The minimum atomic E-state index is -0.487. The van der Waals surface area contributed by atoms with Gasteiger partial charge in [0.1, 0.15) is 11.3 Å². The Morgan fingerprint density at radius 1 is 1.04 bits per heavy atom. The van der Waals surface area contributed by atoms with Crippen LogP contribution in [-0.4, -0.2) is 13.1 Å². The van der Waals surface area contributed by atoms with Crippen LogP contribution >= 0.6 is 0 Å². The Hall–Kier alpha value is -3.14. The predicted octanol–water partition coefficient (Wildman–Crippen LogP) is 3.75. The summed E-state index contributed by atoms with van der Waals surface area (Å²) in [6, 6.07) is 15.8. The molecule has 0 aliphatic carbocycles. The second-order valence-corrected chi connectivity index (χ2v) is 4.96. The third-order valence-electron chi connectivity index (χ3n) is 3.41. The van der Waals surface area contributed by atoms with E-state index in [4.69, 9.17) is 4.42 Å². The van der Waals surface area contributed by atoms with Crippen molar-refractivity contribution in [2.75, 3.05) is 7.11 Å². The zero-order valence-electron chi connectivity index (χ0n) is 12.5. The molecule has 114 valence electrons. The van der Waals surface area contributed by atoms with Gasteiger partial charge in [0, 0.05) is 6.07 Å². The minimum absolute atomic E-state index is 0.204. The fourth-order valence-corrected chi connectivity index (χ4v) is 2.24. The van der Waals surface area contributed by atoms with Crippen molar-refractivity contribution in [1.82, 2.24) is 0 Å². The molecule has 0 radical (unpaired) electrons. The Morgan fingerprint density at radius 2 is 1.83 bits per heavy atom. The predicted molar refractivity (Wildman–Crippen MR) is 89.2 cm³/mol. The summed E-state index contributed by atoms with van der Waals surface area (Å²) >= 11 is 0. The van der Waals surface area contributed by atoms with E-state index in [1.807, 2.05) is 36.4 Å². The summed E-state index contributed by atoms with van der Waals surface area (Å²) in [5, 5.41) is 0.352. The molecule has 0 amide bonds. The Bertz CT molecular complexity index is 936. The van der Waals surface area contributed by atoms with Gasteiger partial charge in [0.2, 0.25) is 0 Å². The second kappa shape index (κ2) is 6.32. The van der Waals surface area contributed by atoms with Gasteiger partial charge in [-0.15, -0.1) is 0 Å². The molecule has 1 heterocycles. The number of fused-ring (bicyclic) bond motifs is 1. The van der Waals surface area contributed by atoms with E-state index in [-0.39, 0.29) is 5.43 Å². The number of ether oxygens (including phenoxy) is 1. The van der Waals surface area contributed by atoms with E-state index in [0.29, 0.717) is 22.3 Å². The average molecular weight is 306 g/mol. The summed E-state index contributed by atoms with van der Waals surface area (Å²) in [5.74, 6) is -0.0310. The molecule has 0 fully saturated rings. The van der Waals surface area contributed by atoms with Crippen LogP contribution in [0.15, 0.2) is 63.8 Å². The Balaban J connectivity index is 2.00. The summed E-state index contributed by atoms with van der Waals surface area (Å²) in [6.45, 7) is 0. The molecule has 1 aromatic heterocycles. The summed E-state index contributed by atoms with van der Waals surface area (Å²) in [5.41, 5.74) is 1.55. The van der Waals surface area contributed by atoms with Gasteiger partial charge in [0.05, 0.1) is 18.1 Å². The molecule has 0 atom stereocenters. The molecule has 3 rings (SSSR count). The maximum absolute atomic E-state index is 12.2. The molecule has 0 spiro atoms. The van der Waals surface area contributed by atoms with Crippen molar-refractivity contribution < 1.29 is 13.9 Å². The Labute approximate surface area is 132 Å². The van der Waals surface area contributed by atoms with E-state index >= 15 is 0 Å². The zero-order chi connectivity index (χ0) is 16.2. The highest BCUT2D eigenvalue weighted by Gasteiger charge is 2.09. The first-order chi connectivity index (χ1) is 11.2. The molecule has 0 saturated carbocycles. The summed E-state index contributed by atoms with van der Waals surface area (Å²) < 4.78 is 10.3. The lowest BCUT2D eigenvalue weighted by Crippen LogP contribution is -2.05. The van der Waals surface area contributed by atoms with E-state index in [2.05, 4.69) is 4.74 Å². The van der Waals surface area contributed by atoms with Crippen molar-refractivity contribution in [3.05, 3.63) is 81.7 Å². The van der Waals surface area contributed by atoms with E-state index < -0.39 is 5.97 Å². The van der Waals surface area contributed by atoms with E-state index in [1.165, 1.54) is 19.2 Å². The third-order valence-corrected chi connectivity index (χ3v) is 3.41. The standard InChI is InChI=1S/C19H14O4/c1-22-19(21)14-8-10-18-16(11-14)17(20)12-15(23-18)9-7-13-5-3-2-4-6-13/h2-12H,1H3/b9-7+. The van der Waals surface area contributed by atoms with Crippen LogP contribution in [0.25, 0.3) is 23.1 Å². The number of carbonyl (C=O) groups is 1. The van der Waals surface area contributed by atoms with Crippen LogP contribution in [0.5, 0.6) is 0 Å². The molecule has 3 aromatic rings. The van der Waals surface area contributed by atoms with Crippen LogP contribution in [0.2, 0.25) is 0 Å². The normalized spacial score (nSPS) is 11.0. The molecule has 0 unspecified atom stereocenters. The van der Waals surface area contributed by atoms with Gasteiger partial charge in [-0.3, -0.25) is 4.79 Å². The van der Waals surface area contributed by atoms with Gasteiger partial charge in [0.25, 0.3) is 0 Å². The fourth-order valence-electron chi connectivity index (χ4n) is 2.24. The number of hydrogen-bond acceptors (Lipinski definition) is 4. The Morgan fingerprint density at radius 3 is 2.57 bits per heavy atom. The van der Waals surface area contributed by atoms with Crippen LogP contribution in [0.3, 0.4) is 0 Å². The SMILES string of the molecule is COC(=O)c1ccc2oc(/C=C/c3ccccc3)cc(=O)c2c1. The zero-order valence-corrected chi connectivity index (χ0v) is 12.5. The smallest absolute Gasteiger partial charge is 0.337 e. The van der Waals surface area contributed by atoms with Crippen LogP contribution in [-0.2, 0) is 4.74 Å². The largest absolute Gasteiger partial charge is 0.465 e. The van der Waals surface area contributed by atoms with Gasteiger partial charge in [-0.1, -0.05) is 36.4 Å². The topological polar surface area (TPSA) is 56.5 Å². The van der Waals surface area contributed by atoms with E-state index in [1.54, 1.807) is 18.2 Å². The second-order valence-electron chi connectivity index (χ2n) is 4.96. The lowest BCUT2D eigenvalue weighted by atomic mass is 10.1. The minimum Gasteiger partial charge on any atom is -0.465 e. The monoisotopic (exact) mass is 306 g/mol. The van der Waals surface area contributed by atoms with Gasteiger partial charge >= 0.3 is 5.97 Å². The molecular formula is C19H14O4. The summed E-state index contributed by atoms with van der Waals surface area (Å²) in [6.07, 6.45) is 3.61. The maximum Gasteiger partial charge on any atom is 0.337 e. The highest BCUT2D eigenvalue weighted by Crippen LogP contribution is 2.17. The number of methoxy groups -OCH3 is 1. The van der Waals surface area contributed by atoms with Crippen LogP contribution in [0.1, 0.15) is 21.7 Å². The van der Waals surface area contributed by atoms with Gasteiger partial charge in [-0.2, -0.15) is 0 Å². The van der Waals surface area contributed by atoms with Crippen molar-refractivity contribution in [1.29, 1.82) is 0 Å². The third kappa shape index (κ3) is 3.21. The molecule has 0 bridgehead atoms. The fraction of sp³-hybridized carbons (Fsp3) is 0.0526. The summed E-state index contributed by atoms with van der Waals surface area (Å²) in [4.78, 5) is 23.8. The molecule has 0 aliphatic heterocycles. The van der Waals surface area contributed by atoms with E-state index in [9.17, 15) is 9.59 Å². The van der Waals surface area contributed by atoms with Crippen molar-refractivity contribution in [2.45, 2.75) is 0 Å². The quantitative estimate of drug-likeness (QED) is 0.692. The van der Waals surface area contributed by atoms with Crippen molar-refractivity contribution in [2.24, 2.45) is 0 Å². The highest BCUT2D eigenvalue weighted by molar-refractivity contribution is 5.94. The molecule has 2 aromatic carbocycles. The lowest BCUT2D eigenvalue weighted by Gasteiger charge is -2.02. The first kappa shape index (κ1) is 14.8. The van der Waals surface area contributed by atoms with Crippen molar-refractivity contribution in [3.8, 4) is 0 Å². The Kier molecular flexibility index (Phi) is 4.06. The lowest BCUT2D eigenvalue weighted by molar-refractivity contribution is 0.0601. The van der Waals surface area contributed by atoms with Crippen LogP contribution in [0, 0.1) is 0 Å². The van der Waals surface area contributed by atoms with Crippen LogP contribution in [0.4, 0.5) is 0 Å². The number of rotatable bonds is 3. The first-order valence-electron chi connectivity index (χ1n) is 7.07. The number of carbonyl (C=O) groups excluding carboxylic acids is 1. The number of benzene rings is 2. The van der Waals surface area contributed by atoms with Gasteiger partial charge in [-0.25, -0.2) is 4.79 Å². The molecule has 0 N–H and O–H groups in total. The van der Waals surface area contributed by atoms with Crippen LogP contribution < -0.4 is 5.43 Å². The van der Waals surface area contributed by atoms with Crippen molar-refractivity contribution >= 4 is 29.1 Å². The highest BCUT2D eigenvalue weighted by atomic mass is 16.5. The van der Waals surface area contributed by atoms with Crippen molar-refractivity contribution in [3.63, 3.8) is 0 Å². The molecule has 23 heavy (non-hydrogen) atoms. The molecule has 4 heteroatoms. The molecule has 0 aliphatic rings. The number of hydrogen-bond donors (Lipinski definition) is 0. The average Bonchev–Trinajstić information content (AvgIpc) is 2.60. The molecule has 4 nitrogen and oxygen atoms in total. The van der Waals surface area contributed by atoms with Gasteiger partial charge in [0.15, 0.2) is 5.43 Å². The van der Waals surface area contributed by atoms with E-state index in [0.717, 1.165) is 5.56 Å². The molecular weight excluding hydrogens is 292 g/mol.